The molecule has 0 aromatic heterocycles. The summed E-state index contributed by atoms with van der Waals surface area (Å²) in [4.78, 5) is 30.4. The van der Waals surface area contributed by atoms with Gasteiger partial charge in [-0.3, -0.25) is 13.9 Å². The van der Waals surface area contributed by atoms with Crippen LogP contribution in [0.2, 0.25) is 15.1 Å². The summed E-state index contributed by atoms with van der Waals surface area (Å²) < 4.78 is 29.5. The minimum Gasteiger partial charge on any atom is -0.352 e. The number of anilines is 1. The van der Waals surface area contributed by atoms with Crippen molar-refractivity contribution in [3.05, 3.63) is 129 Å². The zero-order valence-corrected chi connectivity index (χ0v) is 29.7. The number of nitrogens with one attached hydrogen (secondary N) is 1. The van der Waals surface area contributed by atoms with Crippen molar-refractivity contribution in [2.75, 3.05) is 10.8 Å². The zero-order valence-electron chi connectivity index (χ0n) is 26.6. The number of benzene rings is 4. The number of hydrogen-bond acceptors (Lipinski definition) is 4. The quantitative estimate of drug-likeness (QED) is 0.159. The highest BCUT2D eigenvalue weighted by Gasteiger charge is 2.36. The summed E-state index contributed by atoms with van der Waals surface area (Å²) in [6, 6.07) is 26.3. The molecule has 0 heterocycles. The second-order valence-corrected chi connectivity index (χ2v) is 15.3. The van der Waals surface area contributed by atoms with Crippen LogP contribution in [0.3, 0.4) is 0 Å². The van der Waals surface area contributed by atoms with E-state index < -0.39 is 28.5 Å². The van der Waals surface area contributed by atoms with E-state index in [0.29, 0.717) is 5.02 Å². The standard InChI is InChI=1S/C37H38Cl3N3O4S/c1-26-12-19-32(20-13-26)48(46,47)43(34-23-30(39)18-21-33(34)40)25-36(44)42(24-28-14-16-29(38)17-15-28)35(22-27-8-4-2-5-9-27)37(45)41-31-10-6-3-7-11-31/h2,4-5,8-9,12-21,23,31,35H,3,6-7,10-11,22,24-25H2,1H3,(H,41,45)/t35-/m1/s1. The van der Waals surface area contributed by atoms with Crippen LogP contribution in [0.4, 0.5) is 5.69 Å². The molecule has 0 radical (unpaired) electrons. The summed E-state index contributed by atoms with van der Waals surface area (Å²) >= 11 is 19.1. The van der Waals surface area contributed by atoms with Crippen molar-refractivity contribution in [3.63, 3.8) is 0 Å². The maximum Gasteiger partial charge on any atom is 0.264 e. The Morgan fingerprint density at radius 1 is 0.812 bits per heavy atom. The first-order chi connectivity index (χ1) is 23.0. The highest BCUT2D eigenvalue weighted by atomic mass is 35.5. The number of nitrogens with zero attached hydrogens (tertiary/aromatic N) is 2. The van der Waals surface area contributed by atoms with Gasteiger partial charge in [-0.15, -0.1) is 0 Å². The van der Waals surface area contributed by atoms with Gasteiger partial charge in [-0.25, -0.2) is 8.42 Å². The summed E-state index contributed by atoms with van der Waals surface area (Å²) in [5.74, 6) is -0.877. The minimum absolute atomic E-state index is 0.000637. The van der Waals surface area contributed by atoms with Crippen molar-refractivity contribution >= 4 is 62.3 Å². The van der Waals surface area contributed by atoms with Crippen LogP contribution in [0.25, 0.3) is 0 Å². The van der Waals surface area contributed by atoms with Crippen LogP contribution in [0, 0.1) is 6.92 Å². The third-order valence-corrected chi connectivity index (χ3v) is 11.1. The lowest BCUT2D eigenvalue weighted by Gasteiger charge is -2.35. The number of carbonyl (C=O) groups excluding carboxylic acids is 2. The molecular weight excluding hydrogens is 689 g/mol. The Kier molecular flexibility index (Phi) is 12.1. The van der Waals surface area contributed by atoms with Gasteiger partial charge in [0.1, 0.15) is 12.6 Å². The SMILES string of the molecule is Cc1ccc(S(=O)(=O)N(CC(=O)N(Cc2ccc(Cl)cc2)[C@H](Cc2ccccc2)C(=O)NC2CCCCC2)c2cc(Cl)ccc2Cl)cc1. The van der Waals surface area contributed by atoms with Crippen molar-refractivity contribution in [1.82, 2.24) is 10.2 Å². The number of aryl methyl sites for hydroxylation is 1. The highest BCUT2D eigenvalue weighted by Crippen LogP contribution is 2.33. The summed E-state index contributed by atoms with van der Waals surface area (Å²) in [7, 11) is -4.32. The van der Waals surface area contributed by atoms with Gasteiger partial charge < -0.3 is 10.2 Å². The van der Waals surface area contributed by atoms with Crippen LogP contribution in [0.15, 0.2) is 102 Å². The van der Waals surface area contributed by atoms with Crippen LogP contribution in [0.5, 0.6) is 0 Å². The first-order valence-electron chi connectivity index (χ1n) is 15.9. The molecule has 1 atom stereocenters. The molecule has 252 valence electrons. The van der Waals surface area contributed by atoms with E-state index in [0.717, 1.165) is 53.1 Å². The van der Waals surface area contributed by atoms with E-state index in [1.807, 2.05) is 37.3 Å². The molecule has 1 aliphatic rings. The monoisotopic (exact) mass is 725 g/mol. The van der Waals surface area contributed by atoms with Crippen LogP contribution in [0.1, 0.15) is 48.8 Å². The Labute approximate surface area is 297 Å². The summed E-state index contributed by atoms with van der Waals surface area (Å²) in [5.41, 5.74) is 2.51. The van der Waals surface area contributed by atoms with Crippen LogP contribution >= 0.6 is 34.8 Å². The van der Waals surface area contributed by atoms with Gasteiger partial charge in [-0.05, 0) is 73.4 Å². The molecule has 48 heavy (non-hydrogen) atoms. The number of sulfonamides is 1. The smallest absolute Gasteiger partial charge is 0.264 e. The lowest BCUT2D eigenvalue weighted by atomic mass is 9.94. The molecule has 1 saturated carbocycles. The van der Waals surface area contributed by atoms with Crippen molar-refractivity contribution in [1.29, 1.82) is 0 Å². The van der Waals surface area contributed by atoms with Crippen LogP contribution in [-0.4, -0.2) is 43.8 Å². The van der Waals surface area contributed by atoms with Crippen molar-refractivity contribution in [3.8, 4) is 0 Å². The predicted molar refractivity (Wildman–Crippen MR) is 193 cm³/mol. The molecular formula is C37H38Cl3N3O4S. The van der Waals surface area contributed by atoms with E-state index in [1.54, 1.807) is 42.5 Å². The van der Waals surface area contributed by atoms with Gasteiger partial charge in [0.25, 0.3) is 10.0 Å². The van der Waals surface area contributed by atoms with Gasteiger partial charge in [0.05, 0.1) is 15.6 Å². The van der Waals surface area contributed by atoms with Gasteiger partial charge in [0.15, 0.2) is 0 Å². The Bertz CT molecular complexity index is 1820. The van der Waals surface area contributed by atoms with E-state index in [1.165, 1.54) is 29.2 Å². The molecule has 4 aromatic rings. The first-order valence-corrected chi connectivity index (χ1v) is 18.5. The second kappa shape index (κ2) is 16.2. The summed E-state index contributed by atoms with van der Waals surface area (Å²) in [5, 5.41) is 4.08. The van der Waals surface area contributed by atoms with E-state index in [4.69, 9.17) is 34.8 Å². The van der Waals surface area contributed by atoms with Gasteiger partial charge in [0.2, 0.25) is 11.8 Å². The fourth-order valence-corrected chi connectivity index (χ4v) is 7.90. The fraction of sp³-hybridized carbons (Fsp3) is 0.297. The lowest BCUT2D eigenvalue weighted by Crippen LogP contribution is -2.55. The van der Waals surface area contributed by atoms with Crippen molar-refractivity contribution in [2.45, 2.75) is 69.0 Å². The maximum absolute atomic E-state index is 14.7. The topological polar surface area (TPSA) is 86.8 Å². The maximum atomic E-state index is 14.7. The number of rotatable bonds is 12. The normalized spacial score (nSPS) is 14.2. The Morgan fingerprint density at radius 3 is 2.12 bits per heavy atom. The second-order valence-electron chi connectivity index (χ2n) is 12.1. The van der Waals surface area contributed by atoms with Gasteiger partial charge in [0, 0.05) is 29.1 Å². The lowest BCUT2D eigenvalue weighted by molar-refractivity contribution is -0.140. The average molecular weight is 727 g/mol. The molecule has 1 N–H and O–H groups in total. The van der Waals surface area contributed by atoms with E-state index in [9.17, 15) is 18.0 Å². The molecule has 11 heteroatoms. The predicted octanol–water partition coefficient (Wildman–Crippen LogP) is 8.24. The van der Waals surface area contributed by atoms with Crippen molar-refractivity contribution in [2.24, 2.45) is 0 Å². The average Bonchev–Trinajstić information content (AvgIpc) is 3.08. The van der Waals surface area contributed by atoms with Crippen LogP contribution in [-0.2, 0) is 32.6 Å². The molecule has 0 unspecified atom stereocenters. The molecule has 1 fully saturated rings. The molecule has 0 saturated heterocycles. The van der Waals surface area contributed by atoms with Crippen molar-refractivity contribution < 1.29 is 18.0 Å². The summed E-state index contributed by atoms with van der Waals surface area (Å²) in [6.45, 7) is 1.25. The highest BCUT2D eigenvalue weighted by molar-refractivity contribution is 7.92. The molecule has 0 aliphatic heterocycles. The number of carbonyl (C=O) groups is 2. The molecule has 1 aliphatic carbocycles. The van der Waals surface area contributed by atoms with Gasteiger partial charge >= 0.3 is 0 Å². The van der Waals surface area contributed by atoms with E-state index in [-0.39, 0.29) is 45.5 Å². The third kappa shape index (κ3) is 9.11. The van der Waals surface area contributed by atoms with Gasteiger partial charge in [-0.1, -0.05) is 114 Å². The Morgan fingerprint density at radius 2 is 1.46 bits per heavy atom. The molecule has 4 aromatic carbocycles. The molecule has 0 bridgehead atoms. The largest absolute Gasteiger partial charge is 0.352 e. The van der Waals surface area contributed by atoms with Crippen LogP contribution < -0.4 is 9.62 Å². The Hall–Kier alpha value is -3.56. The first kappa shape index (κ1) is 35.7. The number of hydrogen-bond donors (Lipinski definition) is 1. The minimum atomic E-state index is -4.32. The molecule has 2 amide bonds. The summed E-state index contributed by atoms with van der Waals surface area (Å²) in [6.07, 6.45) is 5.12. The molecule has 7 nitrogen and oxygen atoms in total. The number of halogens is 3. The molecule has 0 spiro atoms. The van der Waals surface area contributed by atoms with Gasteiger partial charge in [-0.2, -0.15) is 0 Å². The van der Waals surface area contributed by atoms with E-state index in [2.05, 4.69) is 5.32 Å². The number of amides is 2. The van der Waals surface area contributed by atoms with E-state index >= 15 is 0 Å². The third-order valence-electron chi connectivity index (χ3n) is 8.55. The Balaban J connectivity index is 1.58. The molecule has 5 rings (SSSR count). The zero-order chi connectivity index (χ0) is 34.3. The fourth-order valence-electron chi connectivity index (χ4n) is 5.91.